The number of carbonyl (C=O) groups excluding carboxylic acids is 1. The van der Waals surface area contributed by atoms with Crippen molar-refractivity contribution in [3.63, 3.8) is 0 Å². The van der Waals surface area contributed by atoms with E-state index in [0.29, 0.717) is 16.0 Å². The van der Waals surface area contributed by atoms with Gasteiger partial charge < -0.3 is 4.90 Å². The highest BCUT2D eigenvalue weighted by Crippen LogP contribution is 2.36. The number of hydrogen-bond acceptors (Lipinski definition) is 3. The number of alkyl halides is 3. The van der Waals surface area contributed by atoms with E-state index >= 15 is 0 Å². The molecule has 1 heterocycles. The average Bonchev–Trinajstić information content (AvgIpc) is 2.61. The van der Waals surface area contributed by atoms with Crippen molar-refractivity contribution in [1.82, 2.24) is 9.88 Å². The van der Waals surface area contributed by atoms with Crippen molar-refractivity contribution >= 4 is 52.3 Å². The summed E-state index contributed by atoms with van der Waals surface area (Å²) in [5.74, 6) is -1.12. The van der Waals surface area contributed by atoms with E-state index in [1.807, 2.05) is 6.07 Å². The van der Waals surface area contributed by atoms with Gasteiger partial charge in [-0.2, -0.15) is 18.4 Å². The van der Waals surface area contributed by atoms with Crippen LogP contribution in [0.5, 0.6) is 0 Å². The molecule has 0 bridgehead atoms. The van der Waals surface area contributed by atoms with Gasteiger partial charge in [0.25, 0.3) is 5.91 Å². The lowest BCUT2D eigenvalue weighted by molar-refractivity contribution is -0.141. The van der Waals surface area contributed by atoms with Crippen molar-refractivity contribution in [1.29, 1.82) is 5.26 Å². The highest BCUT2D eigenvalue weighted by Gasteiger charge is 2.35. The number of rotatable bonds is 4. The maximum absolute atomic E-state index is 13.0. The summed E-state index contributed by atoms with van der Waals surface area (Å²) in [7, 11) is 0. The third kappa shape index (κ3) is 5.39. The molecule has 0 atom stereocenters. The van der Waals surface area contributed by atoms with Crippen LogP contribution in [0.3, 0.4) is 0 Å². The molecule has 2 rings (SSSR count). The van der Waals surface area contributed by atoms with E-state index in [1.165, 1.54) is 24.3 Å². The normalized spacial score (nSPS) is 11.2. The van der Waals surface area contributed by atoms with Crippen molar-refractivity contribution in [2.45, 2.75) is 12.7 Å². The first-order valence-corrected chi connectivity index (χ1v) is 8.59. The van der Waals surface area contributed by atoms with Crippen LogP contribution in [0.2, 0.25) is 20.2 Å². The van der Waals surface area contributed by atoms with Gasteiger partial charge in [0.15, 0.2) is 0 Å². The van der Waals surface area contributed by atoms with Crippen LogP contribution in [0.4, 0.5) is 13.2 Å². The van der Waals surface area contributed by atoms with Gasteiger partial charge in [-0.3, -0.25) is 4.79 Å². The molecule has 2 aromatic rings. The smallest absolute Gasteiger partial charge is 0.324 e. The van der Waals surface area contributed by atoms with Gasteiger partial charge >= 0.3 is 6.18 Å². The molecule has 4 nitrogen and oxygen atoms in total. The Hall–Kier alpha value is -1.72. The number of nitriles is 1. The van der Waals surface area contributed by atoms with Crippen LogP contribution in [0.25, 0.3) is 0 Å². The van der Waals surface area contributed by atoms with E-state index < -0.39 is 35.9 Å². The Balaban J connectivity index is 2.41. The summed E-state index contributed by atoms with van der Waals surface area (Å²) in [6.45, 7) is -1.96. The van der Waals surface area contributed by atoms with Gasteiger partial charge in [-0.15, -0.1) is 0 Å². The predicted molar refractivity (Wildman–Crippen MR) is 96.2 cm³/mol. The number of aromatic nitrogens is 1. The van der Waals surface area contributed by atoms with Crippen LogP contribution in [-0.4, -0.2) is 28.5 Å². The van der Waals surface area contributed by atoms with Gasteiger partial charge in [-0.1, -0.05) is 58.5 Å². The lowest BCUT2D eigenvalue weighted by atomic mass is 10.1. The lowest BCUT2D eigenvalue weighted by Crippen LogP contribution is -2.39. The summed E-state index contributed by atoms with van der Waals surface area (Å²) in [6, 6.07) is 7.61. The van der Waals surface area contributed by atoms with Crippen LogP contribution in [-0.2, 0) is 6.54 Å². The number of amides is 1. The average molecular weight is 457 g/mol. The van der Waals surface area contributed by atoms with E-state index in [4.69, 9.17) is 51.7 Å². The van der Waals surface area contributed by atoms with Crippen LogP contribution in [0.1, 0.15) is 21.6 Å². The molecule has 0 aliphatic heterocycles. The fraction of sp³-hybridized carbons (Fsp3) is 0.188. The van der Waals surface area contributed by atoms with Gasteiger partial charge in [0, 0.05) is 6.54 Å². The third-order valence-corrected chi connectivity index (χ3v) is 4.98. The summed E-state index contributed by atoms with van der Waals surface area (Å²) < 4.78 is 38.9. The van der Waals surface area contributed by atoms with Gasteiger partial charge in [0.05, 0.1) is 26.7 Å². The standard InChI is InChI=1S/C16H8Cl4F3N3O/c17-10-11(18)13(25-14(20)12(10)19)15(27)26(7-16(21,22)23)6-9-3-1-8(5-24)2-4-9/h1-4H,6-7H2. The molecule has 0 unspecified atom stereocenters. The second kappa shape index (κ2) is 8.53. The summed E-state index contributed by atoms with van der Waals surface area (Å²) in [5, 5.41) is 7.52. The third-order valence-electron chi connectivity index (χ3n) is 3.30. The van der Waals surface area contributed by atoms with Gasteiger partial charge in [0.2, 0.25) is 0 Å². The van der Waals surface area contributed by atoms with Gasteiger partial charge in [-0.25, -0.2) is 4.98 Å². The molecule has 1 amide bonds. The molecule has 0 aliphatic rings. The van der Waals surface area contributed by atoms with E-state index in [9.17, 15) is 18.0 Å². The summed E-state index contributed by atoms with van der Waals surface area (Å²) in [4.78, 5) is 16.8. The van der Waals surface area contributed by atoms with E-state index in [-0.39, 0.29) is 15.2 Å². The lowest BCUT2D eigenvalue weighted by Gasteiger charge is -2.24. The maximum atomic E-state index is 13.0. The SMILES string of the molecule is N#Cc1ccc(CN(CC(F)(F)F)C(=O)c2nc(Cl)c(Cl)c(Cl)c2Cl)cc1. The molecular weight excluding hydrogens is 449 g/mol. The molecule has 0 N–H and O–H groups in total. The maximum Gasteiger partial charge on any atom is 0.406 e. The van der Waals surface area contributed by atoms with Crippen molar-refractivity contribution in [2.75, 3.05) is 6.54 Å². The molecule has 0 aliphatic carbocycles. The number of benzene rings is 1. The van der Waals surface area contributed by atoms with Crippen molar-refractivity contribution in [3.05, 3.63) is 61.3 Å². The zero-order valence-corrected chi connectivity index (χ0v) is 16.1. The quantitative estimate of drug-likeness (QED) is 0.548. The van der Waals surface area contributed by atoms with E-state index in [0.717, 1.165) is 0 Å². The first-order chi connectivity index (χ1) is 12.5. The Kier molecular flexibility index (Phi) is 6.82. The Morgan fingerprint density at radius 2 is 1.67 bits per heavy atom. The van der Waals surface area contributed by atoms with Crippen molar-refractivity contribution < 1.29 is 18.0 Å². The molecule has 0 saturated heterocycles. The molecule has 1 aromatic carbocycles. The number of nitrogens with zero attached hydrogens (tertiary/aromatic N) is 3. The van der Waals surface area contributed by atoms with Gasteiger partial charge in [0.1, 0.15) is 17.4 Å². The number of hydrogen-bond donors (Lipinski definition) is 0. The highest BCUT2D eigenvalue weighted by atomic mass is 35.5. The highest BCUT2D eigenvalue weighted by molar-refractivity contribution is 6.52. The number of pyridine rings is 1. The minimum absolute atomic E-state index is 0.214. The minimum Gasteiger partial charge on any atom is -0.324 e. The Bertz CT molecular complexity index is 911. The zero-order valence-electron chi connectivity index (χ0n) is 13.1. The molecule has 27 heavy (non-hydrogen) atoms. The summed E-state index contributed by atoms with van der Waals surface area (Å²) in [6.07, 6.45) is -4.67. The zero-order chi connectivity index (χ0) is 20.4. The van der Waals surface area contributed by atoms with Gasteiger partial charge in [-0.05, 0) is 17.7 Å². The van der Waals surface area contributed by atoms with Crippen molar-refractivity contribution in [3.8, 4) is 6.07 Å². The summed E-state index contributed by atoms with van der Waals surface area (Å²) >= 11 is 23.3. The fourth-order valence-electron chi connectivity index (χ4n) is 2.10. The Morgan fingerprint density at radius 1 is 1.07 bits per heavy atom. The molecule has 0 saturated carbocycles. The first-order valence-electron chi connectivity index (χ1n) is 7.08. The number of carbonyl (C=O) groups is 1. The minimum atomic E-state index is -4.67. The second-order valence-electron chi connectivity index (χ2n) is 5.28. The van der Waals surface area contributed by atoms with E-state index in [2.05, 4.69) is 4.98 Å². The van der Waals surface area contributed by atoms with E-state index in [1.54, 1.807) is 0 Å². The second-order valence-corrected chi connectivity index (χ2v) is 6.77. The molecule has 142 valence electrons. The molecular formula is C16H8Cl4F3N3O. The van der Waals surface area contributed by atoms with Crippen LogP contribution < -0.4 is 0 Å². The summed E-state index contributed by atoms with van der Waals surface area (Å²) in [5.41, 5.74) is 0.149. The van der Waals surface area contributed by atoms with Crippen LogP contribution in [0.15, 0.2) is 24.3 Å². The molecule has 0 spiro atoms. The monoisotopic (exact) mass is 455 g/mol. The fourth-order valence-corrected chi connectivity index (χ4v) is 2.91. The van der Waals surface area contributed by atoms with Crippen LogP contribution >= 0.6 is 46.4 Å². The Labute approximate surface area is 172 Å². The number of halogens is 7. The van der Waals surface area contributed by atoms with Crippen molar-refractivity contribution in [2.24, 2.45) is 0 Å². The Morgan fingerprint density at radius 3 is 2.19 bits per heavy atom. The van der Waals surface area contributed by atoms with Crippen LogP contribution in [0, 0.1) is 11.3 Å². The molecule has 0 radical (unpaired) electrons. The molecule has 0 fully saturated rings. The largest absolute Gasteiger partial charge is 0.406 e. The topological polar surface area (TPSA) is 57.0 Å². The predicted octanol–water partition coefficient (Wildman–Crippen LogP) is 5.77. The molecule has 1 aromatic heterocycles. The molecule has 11 heteroatoms. The first kappa shape index (κ1) is 21.6.